The van der Waals surface area contributed by atoms with E-state index in [-0.39, 0.29) is 6.61 Å². The summed E-state index contributed by atoms with van der Waals surface area (Å²) in [4.78, 5) is 7.84. The van der Waals surface area contributed by atoms with Crippen LogP contribution in [0.3, 0.4) is 0 Å². The highest BCUT2D eigenvalue weighted by Gasteiger charge is 2.20. The lowest BCUT2D eigenvalue weighted by atomic mass is 10.4. The molecule has 84 valence electrons. The van der Waals surface area contributed by atoms with Crippen LogP contribution in [0, 0.1) is 6.92 Å². The molecule has 0 radical (unpaired) electrons. The van der Waals surface area contributed by atoms with Gasteiger partial charge in [-0.3, -0.25) is 0 Å². The maximum atomic E-state index is 9.13. The van der Waals surface area contributed by atoms with E-state index in [1.807, 2.05) is 18.7 Å². The van der Waals surface area contributed by atoms with E-state index in [0.717, 1.165) is 28.8 Å². The molecule has 0 bridgehead atoms. The third-order valence-corrected chi connectivity index (χ3v) is 4.88. The topological polar surface area (TPSA) is 36.4 Å². The summed E-state index contributed by atoms with van der Waals surface area (Å²) in [5.74, 6) is 1.17. The molecule has 0 spiro atoms. The molecule has 1 aliphatic heterocycles. The van der Waals surface area contributed by atoms with Crippen LogP contribution in [-0.2, 0) is 6.61 Å². The summed E-state index contributed by atoms with van der Waals surface area (Å²) in [5.41, 5.74) is 0.975. The van der Waals surface area contributed by atoms with Crippen molar-refractivity contribution in [3.05, 3.63) is 10.6 Å². The first-order valence-corrected chi connectivity index (χ1v) is 7.01. The lowest BCUT2D eigenvalue weighted by Gasteiger charge is -2.30. The van der Waals surface area contributed by atoms with Crippen LogP contribution >= 0.6 is 23.1 Å². The number of hydrogen-bond donors (Lipinski definition) is 1. The molecule has 0 aliphatic carbocycles. The zero-order valence-corrected chi connectivity index (χ0v) is 10.7. The Morgan fingerprint density at radius 1 is 1.60 bits per heavy atom. The second kappa shape index (κ2) is 4.72. The van der Waals surface area contributed by atoms with Crippen molar-refractivity contribution < 1.29 is 5.11 Å². The second-order valence-corrected chi connectivity index (χ2v) is 6.40. The average Bonchev–Trinajstić information content (AvgIpc) is 2.60. The number of aromatic nitrogens is 1. The van der Waals surface area contributed by atoms with Crippen LogP contribution in [0.15, 0.2) is 0 Å². The zero-order chi connectivity index (χ0) is 10.8. The smallest absolute Gasteiger partial charge is 0.185 e. The van der Waals surface area contributed by atoms with Crippen molar-refractivity contribution in [1.82, 2.24) is 4.98 Å². The van der Waals surface area contributed by atoms with Crippen LogP contribution in [0.1, 0.15) is 17.5 Å². The van der Waals surface area contributed by atoms with Crippen molar-refractivity contribution in [2.24, 2.45) is 0 Å². The van der Waals surface area contributed by atoms with E-state index < -0.39 is 0 Å². The van der Waals surface area contributed by atoms with Gasteiger partial charge in [0.2, 0.25) is 0 Å². The van der Waals surface area contributed by atoms with Crippen LogP contribution in [0.5, 0.6) is 0 Å². The minimum Gasteiger partial charge on any atom is -0.391 e. The van der Waals surface area contributed by atoms with E-state index in [0.29, 0.717) is 5.25 Å². The molecule has 1 atom stereocenters. The summed E-state index contributed by atoms with van der Waals surface area (Å²) in [7, 11) is 0. The predicted octanol–water partition coefficient (Wildman–Crippen LogP) is 1.89. The van der Waals surface area contributed by atoms with Crippen molar-refractivity contribution in [2.45, 2.75) is 25.7 Å². The van der Waals surface area contributed by atoms with Crippen LogP contribution in [-0.4, -0.2) is 34.2 Å². The van der Waals surface area contributed by atoms with E-state index in [4.69, 9.17) is 5.11 Å². The predicted molar refractivity (Wildman–Crippen MR) is 66.9 cm³/mol. The molecule has 1 saturated heterocycles. The summed E-state index contributed by atoms with van der Waals surface area (Å²) < 4.78 is 0. The number of anilines is 1. The number of thiazole rings is 1. The summed E-state index contributed by atoms with van der Waals surface area (Å²) in [5, 5.41) is 10.9. The standard InChI is InChI=1S/C10H16N2OS2/c1-7-5-12(3-4-14-7)10-11-8(2)9(6-13)15-10/h7,13H,3-6H2,1-2H3. The summed E-state index contributed by atoms with van der Waals surface area (Å²) >= 11 is 3.64. The van der Waals surface area contributed by atoms with Crippen molar-refractivity contribution in [3.8, 4) is 0 Å². The molecule has 1 aromatic heterocycles. The van der Waals surface area contributed by atoms with Crippen LogP contribution in [0.4, 0.5) is 5.13 Å². The largest absolute Gasteiger partial charge is 0.391 e. The number of aliphatic hydroxyl groups excluding tert-OH is 1. The molecule has 0 amide bonds. The maximum absolute atomic E-state index is 9.13. The van der Waals surface area contributed by atoms with Crippen molar-refractivity contribution in [1.29, 1.82) is 0 Å². The Kier molecular flexibility index (Phi) is 3.53. The quantitative estimate of drug-likeness (QED) is 0.862. The number of thioether (sulfide) groups is 1. The Labute approximate surface area is 98.5 Å². The molecule has 5 heteroatoms. The summed E-state index contributed by atoms with van der Waals surface area (Å²) in [6, 6.07) is 0. The molecular weight excluding hydrogens is 228 g/mol. The van der Waals surface area contributed by atoms with Crippen molar-refractivity contribution >= 4 is 28.2 Å². The fraction of sp³-hybridized carbons (Fsp3) is 0.700. The Morgan fingerprint density at radius 3 is 3.00 bits per heavy atom. The first kappa shape index (κ1) is 11.2. The number of nitrogens with zero attached hydrogens (tertiary/aromatic N) is 2. The highest BCUT2D eigenvalue weighted by molar-refractivity contribution is 8.00. The minimum absolute atomic E-state index is 0.113. The van der Waals surface area contributed by atoms with Gasteiger partial charge in [0.15, 0.2) is 5.13 Å². The van der Waals surface area contributed by atoms with Crippen LogP contribution < -0.4 is 4.90 Å². The molecule has 1 aliphatic rings. The van der Waals surface area contributed by atoms with Gasteiger partial charge in [-0.2, -0.15) is 11.8 Å². The van der Waals surface area contributed by atoms with E-state index in [1.54, 1.807) is 11.3 Å². The molecule has 0 saturated carbocycles. The van der Waals surface area contributed by atoms with Gasteiger partial charge in [0.25, 0.3) is 0 Å². The molecular formula is C10H16N2OS2. The number of hydrogen-bond acceptors (Lipinski definition) is 5. The molecule has 1 N–H and O–H groups in total. The molecule has 2 heterocycles. The molecule has 15 heavy (non-hydrogen) atoms. The zero-order valence-electron chi connectivity index (χ0n) is 9.06. The highest BCUT2D eigenvalue weighted by atomic mass is 32.2. The number of aliphatic hydroxyl groups is 1. The van der Waals surface area contributed by atoms with E-state index in [2.05, 4.69) is 16.8 Å². The van der Waals surface area contributed by atoms with Gasteiger partial charge in [0.05, 0.1) is 17.2 Å². The van der Waals surface area contributed by atoms with Gasteiger partial charge in [0.1, 0.15) is 0 Å². The normalized spacial score (nSPS) is 22.1. The molecule has 1 aromatic rings. The van der Waals surface area contributed by atoms with Gasteiger partial charge < -0.3 is 10.0 Å². The van der Waals surface area contributed by atoms with Gasteiger partial charge >= 0.3 is 0 Å². The third kappa shape index (κ3) is 2.46. The summed E-state index contributed by atoms with van der Waals surface area (Å²) in [6.45, 7) is 6.48. The third-order valence-electron chi connectivity index (χ3n) is 2.54. The Morgan fingerprint density at radius 2 is 2.40 bits per heavy atom. The van der Waals surface area contributed by atoms with Gasteiger partial charge in [-0.15, -0.1) is 0 Å². The minimum atomic E-state index is 0.113. The monoisotopic (exact) mass is 244 g/mol. The van der Waals surface area contributed by atoms with Crippen molar-refractivity contribution in [3.63, 3.8) is 0 Å². The van der Waals surface area contributed by atoms with E-state index >= 15 is 0 Å². The maximum Gasteiger partial charge on any atom is 0.185 e. The van der Waals surface area contributed by atoms with Crippen molar-refractivity contribution in [2.75, 3.05) is 23.7 Å². The second-order valence-electron chi connectivity index (χ2n) is 3.79. The number of rotatable bonds is 2. The highest BCUT2D eigenvalue weighted by Crippen LogP contribution is 2.29. The Bertz CT molecular complexity index is 340. The van der Waals surface area contributed by atoms with Gasteiger partial charge in [0, 0.05) is 24.1 Å². The van der Waals surface area contributed by atoms with Crippen LogP contribution in [0.25, 0.3) is 0 Å². The fourth-order valence-corrected chi connectivity index (χ4v) is 3.66. The molecule has 1 unspecified atom stereocenters. The lowest BCUT2D eigenvalue weighted by molar-refractivity contribution is 0.284. The first-order chi connectivity index (χ1) is 7.20. The number of aryl methyl sites for hydroxylation is 1. The first-order valence-electron chi connectivity index (χ1n) is 5.14. The summed E-state index contributed by atoms with van der Waals surface area (Å²) in [6.07, 6.45) is 0. The van der Waals surface area contributed by atoms with Gasteiger partial charge in [-0.05, 0) is 6.92 Å². The van der Waals surface area contributed by atoms with Crippen LogP contribution in [0.2, 0.25) is 0 Å². The SMILES string of the molecule is Cc1nc(N2CCSC(C)C2)sc1CO. The average molecular weight is 244 g/mol. The Hall–Kier alpha value is -0.260. The molecule has 2 rings (SSSR count). The fourth-order valence-electron chi connectivity index (χ4n) is 1.69. The van der Waals surface area contributed by atoms with Gasteiger partial charge in [-0.1, -0.05) is 18.3 Å². The molecule has 0 aromatic carbocycles. The Balaban J connectivity index is 2.14. The molecule has 1 fully saturated rings. The van der Waals surface area contributed by atoms with E-state index in [1.165, 1.54) is 5.75 Å². The molecule has 3 nitrogen and oxygen atoms in total. The van der Waals surface area contributed by atoms with E-state index in [9.17, 15) is 0 Å². The van der Waals surface area contributed by atoms with Gasteiger partial charge in [-0.25, -0.2) is 4.98 Å². The lowest BCUT2D eigenvalue weighted by Crippen LogP contribution is -2.36.